The summed E-state index contributed by atoms with van der Waals surface area (Å²) >= 11 is 0. The van der Waals surface area contributed by atoms with Crippen LogP contribution in [0.2, 0.25) is 0 Å². The molecule has 3 aromatic carbocycles. The van der Waals surface area contributed by atoms with Gasteiger partial charge in [-0.3, -0.25) is 9.59 Å². The molecule has 1 aliphatic heterocycles. The molecule has 0 saturated heterocycles. The van der Waals surface area contributed by atoms with Gasteiger partial charge in [0.2, 0.25) is 0 Å². The van der Waals surface area contributed by atoms with E-state index in [1.54, 1.807) is 36.4 Å². The van der Waals surface area contributed by atoms with Crippen molar-refractivity contribution in [3.05, 3.63) is 66.2 Å². The number of nitrogens with one attached hydrogen (secondary N) is 1. The Kier molecular flexibility index (Phi) is 3.61. The average molecular weight is 332 g/mol. The summed E-state index contributed by atoms with van der Waals surface area (Å²) in [5.74, 6) is -1.14. The van der Waals surface area contributed by atoms with Gasteiger partial charge in [0.1, 0.15) is 5.75 Å². The first-order valence-electron chi connectivity index (χ1n) is 8.06. The molecule has 1 aliphatic rings. The number of phenols is 1. The van der Waals surface area contributed by atoms with E-state index in [-0.39, 0.29) is 5.75 Å². The lowest BCUT2D eigenvalue weighted by Gasteiger charge is -2.17. The molecule has 3 aromatic rings. The van der Waals surface area contributed by atoms with E-state index in [0.29, 0.717) is 23.0 Å². The summed E-state index contributed by atoms with van der Waals surface area (Å²) in [6.45, 7) is 0.502. The lowest BCUT2D eigenvalue weighted by molar-refractivity contribution is -0.134. The van der Waals surface area contributed by atoms with E-state index in [0.717, 1.165) is 17.7 Å². The quantitative estimate of drug-likeness (QED) is 0.673. The van der Waals surface area contributed by atoms with Crippen LogP contribution in [-0.2, 0) is 16.0 Å². The fourth-order valence-electron chi connectivity index (χ4n) is 3.25. The van der Waals surface area contributed by atoms with Crippen LogP contribution >= 0.6 is 0 Å². The molecular formula is C20H16N2O3. The third-order valence-electron chi connectivity index (χ3n) is 4.47. The lowest BCUT2D eigenvalue weighted by atomic mass is 10.1. The van der Waals surface area contributed by atoms with E-state index in [4.69, 9.17) is 0 Å². The van der Waals surface area contributed by atoms with Crippen LogP contribution in [0.5, 0.6) is 5.75 Å². The van der Waals surface area contributed by atoms with Gasteiger partial charge in [-0.1, -0.05) is 42.5 Å². The number of benzene rings is 3. The summed E-state index contributed by atoms with van der Waals surface area (Å²) in [5.41, 5.74) is 2.36. The number of hydrogen-bond acceptors (Lipinski definition) is 3. The first-order valence-corrected chi connectivity index (χ1v) is 8.06. The second kappa shape index (κ2) is 5.94. The molecule has 0 saturated carbocycles. The normalized spacial score (nSPS) is 12.9. The molecule has 5 nitrogen and oxygen atoms in total. The molecule has 0 fully saturated rings. The number of anilines is 2. The Bertz CT molecular complexity index is 997. The van der Waals surface area contributed by atoms with Gasteiger partial charge in [0.15, 0.2) is 0 Å². The standard InChI is InChI=1S/C20H16N2O3/c23-18-10-4-6-14-15(18)7-3-8-16(14)21-19(24)20(25)22-12-11-13-5-1-2-9-17(13)22/h1-10,23H,11-12H2,(H,21,24). The van der Waals surface area contributed by atoms with Crippen LogP contribution in [0.25, 0.3) is 10.8 Å². The summed E-state index contributed by atoms with van der Waals surface area (Å²) in [6, 6.07) is 17.9. The summed E-state index contributed by atoms with van der Waals surface area (Å²) < 4.78 is 0. The first-order chi connectivity index (χ1) is 12.1. The number of rotatable bonds is 1. The van der Waals surface area contributed by atoms with E-state index in [2.05, 4.69) is 5.32 Å². The molecule has 2 amide bonds. The highest BCUT2D eigenvalue weighted by Crippen LogP contribution is 2.30. The fraction of sp³-hybridized carbons (Fsp3) is 0.100. The predicted octanol–water partition coefficient (Wildman–Crippen LogP) is 3.07. The minimum absolute atomic E-state index is 0.133. The summed E-state index contributed by atoms with van der Waals surface area (Å²) in [4.78, 5) is 26.6. The van der Waals surface area contributed by atoms with Crippen molar-refractivity contribution in [3.63, 3.8) is 0 Å². The number of amides is 2. The molecule has 1 heterocycles. The van der Waals surface area contributed by atoms with Gasteiger partial charge in [0.25, 0.3) is 0 Å². The molecule has 0 bridgehead atoms. The lowest BCUT2D eigenvalue weighted by Crippen LogP contribution is -2.38. The van der Waals surface area contributed by atoms with Crippen LogP contribution in [0.3, 0.4) is 0 Å². The van der Waals surface area contributed by atoms with Crippen molar-refractivity contribution in [1.82, 2.24) is 0 Å². The Hall–Kier alpha value is -3.34. The molecule has 25 heavy (non-hydrogen) atoms. The maximum absolute atomic E-state index is 12.6. The number of carbonyl (C=O) groups is 2. The van der Waals surface area contributed by atoms with E-state index in [1.165, 1.54) is 4.90 Å². The van der Waals surface area contributed by atoms with Crippen molar-refractivity contribution >= 4 is 34.0 Å². The topological polar surface area (TPSA) is 69.6 Å². The van der Waals surface area contributed by atoms with Crippen LogP contribution in [-0.4, -0.2) is 23.5 Å². The van der Waals surface area contributed by atoms with Crippen LogP contribution in [0, 0.1) is 0 Å². The molecule has 0 atom stereocenters. The van der Waals surface area contributed by atoms with E-state index in [1.807, 2.05) is 24.3 Å². The molecule has 2 N–H and O–H groups in total. The van der Waals surface area contributed by atoms with Gasteiger partial charge in [-0.2, -0.15) is 0 Å². The Morgan fingerprint density at radius 1 is 0.920 bits per heavy atom. The number of phenolic OH excluding ortho intramolecular Hbond substituents is 1. The minimum atomic E-state index is -0.687. The number of nitrogens with zero attached hydrogens (tertiary/aromatic N) is 1. The van der Waals surface area contributed by atoms with Crippen molar-refractivity contribution in [1.29, 1.82) is 0 Å². The molecule has 0 aliphatic carbocycles. The molecule has 5 heteroatoms. The Balaban J connectivity index is 1.61. The summed E-state index contributed by atoms with van der Waals surface area (Å²) in [6.07, 6.45) is 0.747. The molecule has 0 radical (unpaired) electrons. The van der Waals surface area contributed by atoms with Crippen LogP contribution in [0.4, 0.5) is 11.4 Å². The third kappa shape index (κ3) is 2.59. The van der Waals surface area contributed by atoms with Gasteiger partial charge in [0.05, 0.1) is 0 Å². The molecule has 0 spiro atoms. The summed E-state index contributed by atoms with van der Waals surface area (Å²) in [7, 11) is 0. The van der Waals surface area contributed by atoms with Gasteiger partial charge in [-0.25, -0.2) is 0 Å². The highest BCUT2D eigenvalue weighted by molar-refractivity contribution is 6.45. The van der Waals surface area contributed by atoms with E-state index >= 15 is 0 Å². The van der Waals surface area contributed by atoms with Crippen molar-refractivity contribution < 1.29 is 14.7 Å². The van der Waals surface area contributed by atoms with Crippen LogP contribution in [0.15, 0.2) is 60.7 Å². The molecule has 0 aromatic heterocycles. The zero-order valence-electron chi connectivity index (χ0n) is 13.4. The third-order valence-corrected chi connectivity index (χ3v) is 4.47. The van der Waals surface area contributed by atoms with Crippen molar-refractivity contribution in [3.8, 4) is 5.75 Å². The first kappa shape index (κ1) is 15.2. The van der Waals surface area contributed by atoms with Crippen molar-refractivity contribution in [2.75, 3.05) is 16.8 Å². The van der Waals surface area contributed by atoms with E-state index < -0.39 is 11.8 Å². The monoisotopic (exact) mass is 332 g/mol. The molecular weight excluding hydrogens is 316 g/mol. The largest absolute Gasteiger partial charge is 0.507 e. The number of fused-ring (bicyclic) bond motifs is 2. The number of aromatic hydroxyl groups is 1. The molecule has 0 unspecified atom stereocenters. The average Bonchev–Trinajstić information content (AvgIpc) is 3.06. The molecule has 4 rings (SSSR count). The number of carbonyl (C=O) groups excluding carboxylic acids is 2. The van der Waals surface area contributed by atoms with Gasteiger partial charge in [-0.05, 0) is 30.2 Å². The van der Waals surface area contributed by atoms with Crippen LogP contribution < -0.4 is 10.2 Å². The smallest absolute Gasteiger partial charge is 0.316 e. The highest BCUT2D eigenvalue weighted by Gasteiger charge is 2.29. The predicted molar refractivity (Wildman–Crippen MR) is 96.7 cm³/mol. The minimum Gasteiger partial charge on any atom is -0.507 e. The maximum Gasteiger partial charge on any atom is 0.316 e. The van der Waals surface area contributed by atoms with Crippen LogP contribution in [0.1, 0.15) is 5.56 Å². The second-order valence-electron chi connectivity index (χ2n) is 5.97. The van der Waals surface area contributed by atoms with E-state index in [9.17, 15) is 14.7 Å². The number of para-hydroxylation sites is 1. The zero-order chi connectivity index (χ0) is 17.4. The Morgan fingerprint density at radius 3 is 2.56 bits per heavy atom. The van der Waals surface area contributed by atoms with Crippen molar-refractivity contribution in [2.24, 2.45) is 0 Å². The number of hydrogen-bond donors (Lipinski definition) is 2. The SMILES string of the molecule is O=C(Nc1cccc2c(O)cccc12)C(=O)N1CCc2ccccc21. The fourth-order valence-corrected chi connectivity index (χ4v) is 3.25. The van der Waals surface area contributed by atoms with Gasteiger partial charge in [0, 0.05) is 28.7 Å². The molecule has 124 valence electrons. The summed E-state index contributed by atoms with van der Waals surface area (Å²) in [5, 5.41) is 13.9. The zero-order valence-corrected chi connectivity index (χ0v) is 13.4. The Morgan fingerprint density at radius 2 is 1.68 bits per heavy atom. The van der Waals surface area contributed by atoms with Gasteiger partial charge < -0.3 is 15.3 Å². The second-order valence-corrected chi connectivity index (χ2v) is 5.97. The maximum atomic E-state index is 12.6. The highest BCUT2D eigenvalue weighted by atomic mass is 16.3. The van der Waals surface area contributed by atoms with Gasteiger partial charge in [-0.15, -0.1) is 0 Å². The Labute approximate surface area is 144 Å². The van der Waals surface area contributed by atoms with Crippen molar-refractivity contribution in [2.45, 2.75) is 6.42 Å². The van der Waals surface area contributed by atoms with Gasteiger partial charge >= 0.3 is 11.8 Å².